The van der Waals surface area contributed by atoms with Crippen LogP contribution in [-0.2, 0) is 25.4 Å². The second-order valence-corrected chi connectivity index (χ2v) is 10.2. The number of primary amides is 1. The Kier molecular flexibility index (Phi) is 11.9. The van der Waals surface area contributed by atoms with Gasteiger partial charge in [-0.1, -0.05) is 38.2 Å². The number of allylic oxidation sites excluding steroid dienone is 3. The number of hydrogen-bond acceptors (Lipinski definition) is 8. The lowest BCUT2D eigenvalue weighted by Crippen LogP contribution is -2.34. The molecule has 2 amide bonds. The Morgan fingerprint density at radius 3 is 2.44 bits per heavy atom. The molecule has 1 heterocycles. The molecule has 1 aliphatic rings. The van der Waals surface area contributed by atoms with Crippen molar-refractivity contribution >= 4 is 23.4 Å². The van der Waals surface area contributed by atoms with Crippen LogP contribution in [0.5, 0.6) is 11.5 Å². The van der Waals surface area contributed by atoms with Crippen LogP contribution in [0.25, 0.3) is 0 Å². The van der Waals surface area contributed by atoms with Gasteiger partial charge in [0.1, 0.15) is 17.6 Å². The molecular formula is C29H43N3O7. The number of fused-ring (bicyclic) bond motifs is 2. The summed E-state index contributed by atoms with van der Waals surface area (Å²) in [4.78, 5) is 24.6. The third-order valence-electron chi connectivity index (χ3n) is 6.88. The van der Waals surface area contributed by atoms with Gasteiger partial charge in [0.15, 0.2) is 6.10 Å². The van der Waals surface area contributed by atoms with E-state index in [0.29, 0.717) is 36.1 Å². The second kappa shape index (κ2) is 14.6. The molecule has 2 bridgehead atoms. The molecule has 1 aromatic carbocycles. The number of carbonyl (C=O) groups is 2. The number of carbonyl (C=O) groups excluding carboxylic acids is 2. The topological polar surface area (TPSA) is 152 Å². The van der Waals surface area contributed by atoms with Crippen molar-refractivity contribution in [2.24, 2.45) is 17.6 Å². The Labute approximate surface area is 230 Å². The molecule has 0 spiro atoms. The van der Waals surface area contributed by atoms with E-state index in [1.165, 1.54) is 13.2 Å². The lowest BCUT2D eigenvalue weighted by atomic mass is 9.89. The summed E-state index contributed by atoms with van der Waals surface area (Å²) in [5.74, 6) is -0.520. The summed E-state index contributed by atoms with van der Waals surface area (Å²) in [5.41, 5.74) is 7.48. The van der Waals surface area contributed by atoms with Crippen molar-refractivity contribution in [3.8, 4) is 11.5 Å². The van der Waals surface area contributed by atoms with Crippen LogP contribution < -0.4 is 16.4 Å². The number of phenols is 2. The summed E-state index contributed by atoms with van der Waals surface area (Å²) in [5, 5.41) is 27.4. The summed E-state index contributed by atoms with van der Waals surface area (Å²) in [6, 6.07) is 1.32. The maximum atomic E-state index is 12.9. The molecular weight excluding hydrogens is 502 g/mol. The molecule has 0 aliphatic carbocycles. The van der Waals surface area contributed by atoms with Crippen LogP contribution >= 0.6 is 0 Å². The smallest absolute Gasteiger partial charge is 0.405 e. The van der Waals surface area contributed by atoms with Crippen LogP contribution in [0.4, 0.5) is 16.2 Å². The molecule has 2 rings (SSSR count). The lowest BCUT2D eigenvalue weighted by Gasteiger charge is -2.26. The van der Waals surface area contributed by atoms with E-state index in [1.807, 2.05) is 19.9 Å². The minimum absolute atomic E-state index is 0.0623. The standard InChI is InChI=1S/C29H43N3O7/c1-16-11-19(4)27(39-29(30)36)24(38-7)10-8-9-18(3)28(35)32-22-15-23(33)25(31-5)21(26(22)34)14-17(2)13-20(12-16)37-6/h8-11,15-17,20,24,27,31,33-34H,12-14H2,1-7H3,(H2,30,36)(H,32,35)/b10-8-,18-9+,19-11+/t16-,17-,20+,24-,27-/m0/s1. The van der Waals surface area contributed by atoms with Crippen molar-refractivity contribution in [2.75, 3.05) is 31.9 Å². The first kappa shape index (κ1) is 31.7. The molecule has 10 nitrogen and oxygen atoms in total. The van der Waals surface area contributed by atoms with E-state index in [-0.39, 0.29) is 35.1 Å². The third kappa shape index (κ3) is 8.76. The Bertz CT molecular complexity index is 1110. The third-order valence-corrected chi connectivity index (χ3v) is 6.88. The lowest BCUT2D eigenvalue weighted by molar-refractivity contribution is -0.112. The van der Waals surface area contributed by atoms with E-state index in [2.05, 4.69) is 17.6 Å². The van der Waals surface area contributed by atoms with E-state index in [4.69, 9.17) is 19.9 Å². The van der Waals surface area contributed by atoms with Crippen molar-refractivity contribution in [1.82, 2.24) is 0 Å². The van der Waals surface area contributed by atoms with Crippen LogP contribution in [0.15, 0.2) is 41.5 Å². The maximum absolute atomic E-state index is 12.9. The summed E-state index contributed by atoms with van der Waals surface area (Å²) < 4.78 is 16.8. The average Bonchev–Trinajstić information content (AvgIpc) is 2.87. The summed E-state index contributed by atoms with van der Waals surface area (Å²) in [6.07, 6.45) is 6.25. The van der Waals surface area contributed by atoms with Gasteiger partial charge in [0.2, 0.25) is 0 Å². The van der Waals surface area contributed by atoms with Gasteiger partial charge < -0.3 is 40.8 Å². The highest BCUT2D eigenvalue weighted by Crippen LogP contribution is 2.42. The van der Waals surface area contributed by atoms with Gasteiger partial charge in [0, 0.05) is 38.5 Å². The Morgan fingerprint density at radius 1 is 1.15 bits per heavy atom. The average molecular weight is 546 g/mol. The van der Waals surface area contributed by atoms with Crippen molar-refractivity contribution in [3.05, 3.63) is 47.1 Å². The number of amides is 2. The SMILES string of the molecule is CNc1c(O)cc2c(O)c1C[C@@H](C)C[C@H](OC)C[C@@H](C)/C=C(\C)[C@H](OC(N)=O)[C@@H](OC)/C=C\C=C(/C)C(=O)N2. The number of aromatic hydroxyl groups is 2. The van der Waals surface area contributed by atoms with Crippen LogP contribution in [0.2, 0.25) is 0 Å². The van der Waals surface area contributed by atoms with E-state index in [1.54, 1.807) is 39.3 Å². The number of rotatable bonds is 4. The molecule has 10 heteroatoms. The van der Waals surface area contributed by atoms with Gasteiger partial charge in [0.25, 0.3) is 5.91 Å². The molecule has 0 radical (unpaired) electrons. The number of nitrogens with two attached hydrogens (primary N) is 1. The second-order valence-electron chi connectivity index (χ2n) is 10.2. The van der Waals surface area contributed by atoms with Crippen LogP contribution in [-0.4, -0.2) is 61.8 Å². The predicted octanol–water partition coefficient (Wildman–Crippen LogP) is 4.63. The zero-order valence-electron chi connectivity index (χ0n) is 23.9. The highest BCUT2D eigenvalue weighted by atomic mass is 16.6. The summed E-state index contributed by atoms with van der Waals surface area (Å²) in [7, 11) is 4.82. The number of anilines is 2. The number of benzene rings is 1. The number of ether oxygens (including phenoxy) is 3. The van der Waals surface area contributed by atoms with Crippen molar-refractivity contribution in [2.45, 2.75) is 65.3 Å². The van der Waals surface area contributed by atoms with Crippen LogP contribution in [0, 0.1) is 11.8 Å². The predicted molar refractivity (Wildman–Crippen MR) is 152 cm³/mol. The Morgan fingerprint density at radius 2 is 1.85 bits per heavy atom. The Balaban J connectivity index is 2.59. The van der Waals surface area contributed by atoms with E-state index in [9.17, 15) is 19.8 Å². The van der Waals surface area contributed by atoms with Crippen molar-refractivity contribution in [3.63, 3.8) is 0 Å². The summed E-state index contributed by atoms with van der Waals surface area (Å²) in [6.45, 7) is 7.56. The van der Waals surface area contributed by atoms with Gasteiger partial charge in [-0.2, -0.15) is 0 Å². The highest BCUT2D eigenvalue weighted by Gasteiger charge is 2.26. The van der Waals surface area contributed by atoms with Crippen molar-refractivity contribution in [1.29, 1.82) is 0 Å². The van der Waals surface area contributed by atoms with Crippen LogP contribution in [0.1, 0.15) is 46.1 Å². The fourth-order valence-electron chi connectivity index (χ4n) is 4.93. The number of nitrogens with one attached hydrogen (secondary N) is 2. The maximum Gasteiger partial charge on any atom is 0.405 e. The number of methoxy groups -OCH3 is 2. The molecule has 1 aromatic rings. The monoisotopic (exact) mass is 545 g/mol. The van der Waals surface area contributed by atoms with Gasteiger partial charge in [-0.25, -0.2) is 4.79 Å². The molecule has 0 aromatic heterocycles. The minimum Gasteiger partial charge on any atom is -0.506 e. The number of phenolic OH excluding ortho intramolecular Hbond substituents is 2. The van der Waals surface area contributed by atoms with E-state index in [0.717, 1.165) is 5.57 Å². The van der Waals surface area contributed by atoms with Crippen LogP contribution in [0.3, 0.4) is 0 Å². The van der Waals surface area contributed by atoms with Gasteiger partial charge in [-0.05, 0) is 50.5 Å². The van der Waals surface area contributed by atoms with E-state index >= 15 is 0 Å². The highest BCUT2D eigenvalue weighted by molar-refractivity contribution is 6.04. The normalized spacial score (nSPS) is 28.8. The number of hydrogen-bond donors (Lipinski definition) is 5. The zero-order chi connectivity index (χ0) is 29.3. The Hall–Kier alpha value is -3.50. The van der Waals surface area contributed by atoms with Gasteiger partial charge >= 0.3 is 6.09 Å². The molecule has 6 N–H and O–H groups in total. The van der Waals surface area contributed by atoms with Gasteiger partial charge in [-0.15, -0.1) is 0 Å². The first-order valence-corrected chi connectivity index (χ1v) is 13.0. The van der Waals surface area contributed by atoms with Crippen molar-refractivity contribution < 1.29 is 34.0 Å². The minimum atomic E-state index is -0.922. The molecule has 0 saturated heterocycles. The molecule has 39 heavy (non-hydrogen) atoms. The molecule has 0 unspecified atom stereocenters. The molecule has 0 saturated carbocycles. The molecule has 216 valence electrons. The molecule has 0 fully saturated rings. The molecule has 1 aliphatic heterocycles. The first-order chi connectivity index (χ1) is 18.4. The molecule has 5 atom stereocenters. The fourth-order valence-corrected chi connectivity index (χ4v) is 4.93. The first-order valence-electron chi connectivity index (χ1n) is 13.0. The van der Waals surface area contributed by atoms with Gasteiger partial charge in [-0.3, -0.25) is 4.79 Å². The zero-order valence-corrected chi connectivity index (χ0v) is 23.9. The van der Waals surface area contributed by atoms with Gasteiger partial charge in [0.05, 0.1) is 17.5 Å². The van der Waals surface area contributed by atoms with E-state index < -0.39 is 24.2 Å². The fraction of sp³-hybridized carbons (Fsp3) is 0.517. The summed E-state index contributed by atoms with van der Waals surface area (Å²) >= 11 is 0. The largest absolute Gasteiger partial charge is 0.506 e. The quantitative estimate of drug-likeness (QED) is 0.209.